The summed E-state index contributed by atoms with van der Waals surface area (Å²) in [6.45, 7) is 0. The van der Waals surface area contributed by atoms with Crippen LogP contribution in [0, 0.1) is 5.53 Å². The Kier molecular flexibility index (Phi) is 3.20. The van der Waals surface area contributed by atoms with E-state index in [9.17, 15) is 0 Å². The van der Waals surface area contributed by atoms with Gasteiger partial charge < -0.3 is 10.5 Å². The second kappa shape index (κ2) is 4.98. The molecule has 0 saturated carbocycles. The largest absolute Gasteiger partial charge is 0.457 e. The second-order valence-corrected chi connectivity index (χ2v) is 3.43. The van der Waals surface area contributed by atoms with Crippen LogP contribution in [0.15, 0.2) is 53.8 Å². The van der Waals surface area contributed by atoms with Crippen molar-refractivity contribution in [2.45, 2.75) is 0 Å². The Morgan fingerprint density at radius 1 is 1.06 bits per heavy atom. The minimum atomic E-state index is 0.546. The molecule has 0 saturated heterocycles. The Morgan fingerprint density at radius 2 is 1.82 bits per heavy atom. The molecule has 86 valence electrons. The van der Waals surface area contributed by atoms with Gasteiger partial charge >= 0.3 is 0 Å². The first-order valence-corrected chi connectivity index (χ1v) is 5.04. The number of nitrogens with two attached hydrogens (primary N) is 1. The number of nitrogens with zero attached hydrogens (tertiary/aromatic N) is 1. The highest BCUT2D eigenvalue weighted by molar-refractivity contribution is 5.59. The number of anilines is 2. The van der Waals surface area contributed by atoms with E-state index in [1.165, 1.54) is 0 Å². The summed E-state index contributed by atoms with van der Waals surface area (Å²) >= 11 is 0. The fourth-order valence-corrected chi connectivity index (χ4v) is 1.43. The van der Waals surface area contributed by atoms with E-state index in [4.69, 9.17) is 16.0 Å². The number of para-hydroxylation sites is 1. The van der Waals surface area contributed by atoms with Crippen LogP contribution in [0.3, 0.4) is 0 Å². The lowest BCUT2D eigenvalue weighted by Crippen LogP contribution is -1.92. The zero-order valence-electron chi connectivity index (χ0n) is 9.05. The van der Waals surface area contributed by atoms with E-state index >= 15 is 0 Å². The molecule has 0 spiro atoms. The normalized spacial score (nSPS) is 9.65. The third-order valence-corrected chi connectivity index (χ3v) is 2.09. The van der Waals surface area contributed by atoms with Gasteiger partial charge in [-0.3, -0.25) is 5.43 Å². The van der Waals surface area contributed by atoms with Crippen LogP contribution in [0.5, 0.6) is 11.5 Å². The minimum Gasteiger partial charge on any atom is -0.457 e. The number of benzene rings is 2. The smallest absolute Gasteiger partial charge is 0.131 e. The molecule has 2 aromatic rings. The molecule has 0 aliphatic heterocycles. The van der Waals surface area contributed by atoms with Crippen molar-refractivity contribution in [3.8, 4) is 11.5 Å². The average Bonchev–Trinajstić information content (AvgIpc) is 2.30. The first kappa shape index (κ1) is 10.9. The Hall–Kier alpha value is -2.56. The molecule has 0 fully saturated rings. The lowest BCUT2D eigenvalue weighted by atomic mass is 10.2. The van der Waals surface area contributed by atoms with E-state index in [1.807, 2.05) is 30.3 Å². The first-order valence-electron chi connectivity index (χ1n) is 5.04. The molecular formula is C12H12N4O. The molecule has 17 heavy (non-hydrogen) atoms. The van der Waals surface area contributed by atoms with Crippen molar-refractivity contribution in [2.75, 3.05) is 11.2 Å². The molecule has 5 nitrogen and oxygen atoms in total. The van der Waals surface area contributed by atoms with E-state index < -0.39 is 0 Å². The molecule has 5 heteroatoms. The van der Waals surface area contributed by atoms with Crippen LogP contribution in [0.2, 0.25) is 0 Å². The van der Waals surface area contributed by atoms with Gasteiger partial charge in [0.05, 0.1) is 5.69 Å². The molecule has 0 unspecified atom stereocenters. The van der Waals surface area contributed by atoms with Crippen LogP contribution >= 0.6 is 0 Å². The van der Waals surface area contributed by atoms with Gasteiger partial charge in [0.25, 0.3) is 0 Å². The van der Waals surface area contributed by atoms with Crippen molar-refractivity contribution in [1.29, 1.82) is 5.53 Å². The Labute approximate surface area is 98.7 Å². The number of nitrogens with one attached hydrogen (secondary N) is 2. The zero-order valence-corrected chi connectivity index (χ0v) is 9.05. The topological polar surface area (TPSA) is 83.5 Å². The number of hydrogen-bond donors (Lipinski definition) is 3. The summed E-state index contributed by atoms with van der Waals surface area (Å²) < 4.78 is 5.62. The van der Waals surface area contributed by atoms with Gasteiger partial charge in [-0.2, -0.15) is 5.53 Å². The van der Waals surface area contributed by atoms with Crippen molar-refractivity contribution in [3.63, 3.8) is 0 Å². The van der Waals surface area contributed by atoms with E-state index in [0.717, 1.165) is 5.75 Å². The van der Waals surface area contributed by atoms with Gasteiger partial charge in [-0.25, -0.2) is 0 Å². The monoisotopic (exact) mass is 228 g/mol. The van der Waals surface area contributed by atoms with Gasteiger partial charge in [-0.1, -0.05) is 23.4 Å². The van der Waals surface area contributed by atoms with Gasteiger partial charge in [0.2, 0.25) is 0 Å². The number of rotatable bonds is 4. The fourth-order valence-electron chi connectivity index (χ4n) is 1.43. The van der Waals surface area contributed by atoms with Gasteiger partial charge in [-0.15, -0.1) is 0 Å². The maximum atomic E-state index is 6.73. The Morgan fingerprint density at radius 3 is 2.53 bits per heavy atom. The molecule has 2 aromatic carbocycles. The van der Waals surface area contributed by atoms with E-state index in [1.54, 1.807) is 18.2 Å². The molecule has 0 heterocycles. The summed E-state index contributed by atoms with van der Waals surface area (Å²) in [5, 5.41) is 3.08. The van der Waals surface area contributed by atoms with Gasteiger partial charge in [0, 0.05) is 17.8 Å². The minimum absolute atomic E-state index is 0.546. The molecule has 2 rings (SSSR count). The quantitative estimate of drug-likeness (QED) is 0.426. The first-order chi connectivity index (χ1) is 8.28. The van der Waals surface area contributed by atoms with Crippen LogP contribution in [0.4, 0.5) is 11.4 Å². The molecule has 0 aliphatic rings. The van der Waals surface area contributed by atoms with Crippen LogP contribution in [-0.2, 0) is 0 Å². The number of ether oxygens (including phenoxy) is 1. The highest BCUT2D eigenvalue weighted by atomic mass is 16.5. The van der Waals surface area contributed by atoms with Crippen molar-refractivity contribution in [3.05, 3.63) is 48.5 Å². The predicted molar refractivity (Wildman–Crippen MR) is 66.1 cm³/mol. The summed E-state index contributed by atoms with van der Waals surface area (Å²) in [5.41, 5.74) is 16.1. The maximum Gasteiger partial charge on any atom is 0.131 e. The van der Waals surface area contributed by atoms with Crippen molar-refractivity contribution < 1.29 is 4.74 Å². The molecular weight excluding hydrogens is 216 g/mol. The molecule has 0 aliphatic carbocycles. The Balaban J connectivity index is 2.23. The zero-order chi connectivity index (χ0) is 12.1. The van der Waals surface area contributed by atoms with Crippen molar-refractivity contribution in [1.82, 2.24) is 0 Å². The van der Waals surface area contributed by atoms with E-state index in [0.29, 0.717) is 17.1 Å². The van der Waals surface area contributed by atoms with Gasteiger partial charge in [0.15, 0.2) is 0 Å². The SMILES string of the molecule is N=NNc1cc(N)cc(Oc2ccccc2)c1. The molecule has 0 amide bonds. The van der Waals surface area contributed by atoms with Crippen LogP contribution in [0.25, 0.3) is 0 Å². The van der Waals surface area contributed by atoms with Crippen molar-refractivity contribution in [2.24, 2.45) is 5.22 Å². The van der Waals surface area contributed by atoms with Gasteiger partial charge in [0.1, 0.15) is 11.5 Å². The highest BCUT2D eigenvalue weighted by Gasteiger charge is 2.01. The second-order valence-electron chi connectivity index (χ2n) is 3.43. The van der Waals surface area contributed by atoms with Crippen LogP contribution in [-0.4, -0.2) is 0 Å². The molecule has 4 N–H and O–H groups in total. The van der Waals surface area contributed by atoms with Crippen LogP contribution < -0.4 is 15.9 Å². The van der Waals surface area contributed by atoms with Crippen molar-refractivity contribution >= 4 is 11.4 Å². The number of nitrogen functional groups attached to an aromatic ring is 1. The molecule has 0 aromatic heterocycles. The van der Waals surface area contributed by atoms with E-state index in [-0.39, 0.29) is 0 Å². The fraction of sp³-hybridized carbons (Fsp3) is 0. The summed E-state index contributed by atoms with van der Waals surface area (Å²) in [7, 11) is 0. The van der Waals surface area contributed by atoms with E-state index in [2.05, 4.69) is 10.6 Å². The predicted octanol–water partition coefficient (Wildman–Crippen LogP) is 3.42. The maximum absolute atomic E-state index is 6.73. The summed E-state index contributed by atoms with van der Waals surface area (Å²) in [5.74, 6) is 1.33. The summed E-state index contributed by atoms with van der Waals surface area (Å²) in [6.07, 6.45) is 0. The lowest BCUT2D eigenvalue weighted by Gasteiger charge is -2.08. The lowest BCUT2D eigenvalue weighted by molar-refractivity contribution is 0.483. The van der Waals surface area contributed by atoms with Crippen LogP contribution in [0.1, 0.15) is 0 Å². The number of hydrogen-bond acceptors (Lipinski definition) is 4. The Bertz CT molecular complexity index is 513. The summed E-state index contributed by atoms with van der Waals surface area (Å²) in [6, 6.07) is 14.5. The molecule has 0 bridgehead atoms. The average molecular weight is 228 g/mol. The highest BCUT2D eigenvalue weighted by Crippen LogP contribution is 2.27. The molecule has 0 radical (unpaired) electrons. The third-order valence-electron chi connectivity index (χ3n) is 2.09. The third kappa shape index (κ3) is 2.94. The van der Waals surface area contributed by atoms with Gasteiger partial charge in [-0.05, 0) is 18.2 Å². The molecule has 0 atom stereocenters. The standard InChI is InChI=1S/C12H12N4O/c13-9-6-10(15-16-14)8-12(7-9)17-11-4-2-1-3-5-11/h1-8H,13H2,(H2,14,15). The summed E-state index contributed by atoms with van der Waals surface area (Å²) in [4.78, 5) is 0.